The van der Waals surface area contributed by atoms with Crippen LogP contribution in [0.1, 0.15) is 23.1 Å². The van der Waals surface area contributed by atoms with E-state index in [2.05, 4.69) is 70.3 Å². The second-order valence-corrected chi connectivity index (χ2v) is 8.51. The molecular weight excluding hydrogens is 372 g/mol. The molecule has 158 valence electrons. The molecule has 30 heavy (non-hydrogen) atoms. The molecule has 0 saturated carbocycles. The number of likely N-dealkylation sites (N-methyl/N-ethyl adjacent to an activating group) is 1. The molecule has 2 aliphatic heterocycles. The van der Waals surface area contributed by atoms with Crippen molar-refractivity contribution >= 4 is 0 Å². The molecule has 2 saturated heterocycles. The summed E-state index contributed by atoms with van der Waals surface area (Å²) >= 11 is 0. The smallest absolute Gasteiger partial charge is 0.0998 e. The Hall–Kier alpha value is -2.23. The summed E-state index contributed by atoms with van der Waals surface area (Å²) in [6.07, 6.45) is 1.20. The van der Waals surface area contributed by atoms with Gasteiger partial charge in [-0.05, 0) is 54.9 Å². The number of nitrogens with zero attached hydrogens (tertiary/aromatic N) is 4. The molecule has 5 heteroatoms. The van der Waals surface area contributed by atoms with Crippen LogP contribution in [0.5, 0.6) is 0 Å². The first-order chi connectivity index (χ1) is 14.7. The summed E-state index contributed by atoms with van der Waals surface area (Å²) in [5.74, 6) is 0. The van der Waals surface area contributed by atoms with Crippen LogP contribution < -0.4 is 0 Å². The third kappa shape index (κ3) is 5.47. The standard InChI is InChI=1S/C25H32N4O/c1-27-9-2-10-28(12-11-27)20-22-5-8-25(24(17-22)18-26)23-6-3-21(4-7-23)19-29-13-15-30-16-14-29/h3-8,17H,2,9-16,19-20H2,1H3. The molecule has 0 aliphatic carbocycles. The topological polar surface area (TPSA) is 42.7 Å². The number of benzene rings is 2. The summed E-state index contributed by atoms with van der Waals surface area (Å²) in [7, 11) is 2.19. The molecule has 2 aromatic carbocycles. The van der Waals surface area contributed by atoms with Crippen molar-refractivity contribution in [1.29, 1.82) is 5.26 Å². The Balaban J connectivity index is 1.44. The van der Waals surface area contributed by atoms with Gasteiger partial charge in [-0.25, -0.2) is 0 Å². The van der Waals surface area contributed by atoms with Crippen LogP contribution >= 0.6 is 0 Å². The minimum Gasteiger partial charge on any atom is -0.379 e. The van der Waals surface area contributed by atoms with Gasteiger partial charge in [-0.15, -0.1) is 0 Å². The van der Waals surface area contributed by atoms with Crippen LogP contribution in [0.4, 0.5) is 0 Å². The monoisotopic (exact) mass is 404 g/mol. The zero-order valence-corrected chi connectivity index (χ0v) is 18.0. The van der Waals surface area contributed by atoms with Crippen molar-refractivity contribution in [3.05, 3.63) is 59.2 Å². The van der Waals surface area contributed by atoms with E-state index in [1.165, 1.54) is 24.1 Å². The van der Waals surface area contributed by atoms with E-state index in [9.17, 15) is 5.26 Å². The number of hydrogen-bond acceptors (Lipinski definition) is 5. The molecule has 5 nitrogen and oxygen atoms in total. The van der Waals surface area contributed by atoms with Crippen molar-refractivity contribution in [2.24, 2.45) is 0 Å². The number of ether oxygens (including phenoxy) is 1. The first-order valence-corrected chi connectivity index (χ1v) is 11.0. The third-order valence-electron chi connectivity index (χ3n) is 6.20. The largest absolute Gasteiger partial charge is 0.379 e. The van der Waals surface area contributed by atoms with Gasteiger partial charge in [0.15, 0.2) is 0 Å². The summed E-state index contributed by atoms with van der Waals surface area (Å²) in [6, 6.07) is 17.5. The number of hydrogen-bond donors (Lipinski definition) is 0. The summed E-state index contributed by atoms with van der Waals surface area (Å²) in [5, 5.41) is 9.77. The molecule has 0 radical (unpaired) electrons. The normalized spacial score (nSPS) is 19.3. The SMILES string of the molecule is CN1CCCN(Cc2ccc(-c3ccc(CN4CCOCC4)cc3)c(C#N)c2)CC1. The molecule has 0 atom stereocenters. The lowest BCUT2D eigenvalue weighted by atomic mass is 9.97. The van der Waals surface area contributed by atoms with Crippen LogP contribution in [0.25, 0.3) is 11.1 Å². The van der Waals surface area contributed by atoms with E-state index in [0.29, 0.717) is 0 Å². The summed E-state index contributed by atoms with van der Waals surface area (Å²) in [5.41, 5.74) is 5.43. The highest BCUT2D eigenvalue weighted by molar-refractivity contribution is 5.71. The fourth-order valence-corrected chi connectivity index (χ4v) is 4.36. The van der Waals surface area contributed by atoms with Gasteiger partial charge in [0.2, 0.25) is 0 Å². The van der Waals surface area contributed by atoms with Crippen LogP contribution in [0.3, 0.4) is 0 Å². The van der Waals surface area contributed by atoms with Crippen molar-refractivity contribution < 1.29 is 4.74 Å². The van der Waals surface area contributed by atoms with Gasteiger partial charge in [0, 0.05) is 39.3 Å². The lowest BCUT2D eigenvalue weighted by Crippen LogP contribution is -2.35. The molecule has 2 heterocycles. The quantitative estimate of drug-likeness (QED) is 0.766. The highest BCUT2D eigenvalue weighted by Crippen LogP contribution is 2.26. The predicted molar refractivity (Wildman–Crippen MR) is 120 cm³/mol. The Kier molecular flexibility index (Phi) is 7.14. The Morgan fingerprint density at radius 1 is 0.833 bits per heavy atom. The molecule has 2 aromatic rings. The van der Waals surface area contributed by atoms with E-state index in [1.807, 2.05) is 0 Å². The van der Waals surface area contributed by atoms with Crippen molar-refractivity contribution in [3.8, 4) is 17.2 Å². The van der Waals surface area contributed by atoms with Gasteiger partial charge < -0.3 is 9.64 Å². The van der Waals surface area contributed by atoms with E-state index in [1.54, 1.807) is 0 Å². The van der Waals surface area contributed by atoms with Gasteiger partial charge in [0.1, 0.15) is 0 Å². The second kappa shape index (κ2) is 10.2. The molecule has 0 bridgehead atoms. The zero-order chi connectivity index (χ0) is 20.8. The van der Waals surface area contributed by atoms with Crippen LogP contribution in [-0.2, 0) is 17.8 Å². The van der Waals surface area contributed by atoms with Crippen LogP contribution in [0, 0.1) is 11.3 Å². The average molecular weight is 405 g/mol. The van der Waals surface area contributed by atoms with Crippen LogP contribution in [0.2, 0.25) is 0 Å². The van der Waals surface area contributed by atoms with Gasteiger partial charge in [-0.3, -0.25) is 9.80 Å². The minimum absolute atomic E-state index is 0.764. The van der Waals surface area contributed by atoms with Crippen molar-refractivity contribution in [1.82, 2.24) is 14.7 Å². The molecule has 2 fully saturated rings. The Morgan fingerprint density at radius 3 is 2.30 bits per heavy atom. The summed E-state index contributed by atoms with van der Waals surface area (Å²) < 4.78 is 5.43. The van der Waals surface area contributed by atoms with Crippen molar-refractivity contribution in [3.63, 3.8) is 0 Å². The van der Waals surface area contributed by atoms with E-state index in [0.717, 1.165) is 75.7 Å². The number of rotatable bonds is 5. The third-order valence-corrected chi connectivity index (χ3v) is 6.20. The molecule has 4 rings (SSSR count). The molecule has 0 amide bonds. The first-order valence-electron chi connectivity index (χ1n) is 11.0. The maximum Gasteiger partial charge on any atom is 0.0998 e. The molecule has 0 aromatic heterocycles. The van der Waals surface area contributed by atoms with E-state index in [4.69, 9.17) is 4.74 Å². The van der Waals surface area contributed by atoms with Crippen LogP contribution in [-0.4, -0.2) is 74.2 Å². The Labute approximate surface area is 180 Å². The highest BCUT2D eigenvalue weighted by atomic mass is 16.5. The Morgan fingerprint density at radius 2 is 1.53 bits per heavy atom. The molecule has 0 spiro atoms. The maximum absolute atomic E-state index is 9.77. The van der Waals surface area contributed by atoms with Crippen molar-refractivity contribution in [2.75, 3.05) is 59.5 Å². The lowest BCUT2D eigenvalue weighted by molar-refractivity contribution is 0.0342. The van der Waals surface area contributed by atoms with Crippen molar-refractivity contribution in [2.45, 2.75) is 19.5 Å². The second-order valence-electron chi connectivity index (χ2n) is 8.51. The molecule has 2 aliphatic rings. The van der Waals surface area contributed by atoms with E-state index >= 15 is 0 Å². The van der Waals surface area contributed by atoms with E-state index < -0.39 is 0 Å². The van der Waals surface area contributed by atoms with Gasteiger partial charge in [0.25, 0.3) is 0 Å². The summed E-state index contributed by atoms with van der Waals surface area (Å²) in [4.78, 5) is 7.32. The lowest BCUT2D eigenvalue weighted by Gasteiger charge is -2.26. The first kappa shape index (κ1) is 21.0. The average Bonchev–Trinajstić information content (AvgIpc) is 2.99. The predicted octanol–water partition coefficient (Wildman–Crippen LogP) is 3.19. The number of morpholine rings is 1. The zero-order valence-electron chi connectivity index (χ0n) is 18.0. The minimum atomic E-state index is 0.764. The molecule has 0 unspecified atom stereocenters. The fourth-order valence-electron chi connectivity index (χ4n) is 4.36. The molecule has 0 N–H and O–H groups in total. The Bertz CT molecular complexity index is 868. The van der Waals surface area contributed by atoms with Gasteiger partial charge in [-0.1, -0.05) is 36.4 Å². The number of nitriles is 1. The maximum atomic E-state index is 9.77. The fraction of sp³-hybridized carbons (Fsp3) is 0.480. The van der Waals surface area contributed by atoms with E-state index in [-0.39, 0.29) is 0 Å². The van der Waals surface area contributed by atoms with Gasteiger partial charge in [-0.2, -0.15) is 5.26 Å². The molecular formula is C25H32N4O. The highest BCUT2D eigenvalue weighted by Gasteiger charge is 2.14. The summed E-state index contributed by atoms with van der Waals surface area (Å²) in [6.45, 7) is 10.0. The van der Waals surface area contributed by atoms with Crippen LogP contribution in [0.15, 0.2) is 42.5 Å². The van der Waals surface area contributed by atoms with Gasteiger partial charge >= 0.3 is 0 Å². The van der Waals surface area contributed by atoms with Gasteiger partial charge in [0.05, 0.1) is 24.8 Å².